The van der Waals surface area contributed by atoms with E-state index in [1.807, 2.05) is 30.3 Å². The van der Waals surface area contributed by atoms with Crippen molar-refractivity contribution in [2.24, 2.45) is 0 Å². The first kappa shape index (κ1) is 11.9. The Morgan fingerprint density at radius 3 is 2.56 bits per heavy atom. The number of anilines is 1. The Morgan fingerprint density at radius 1 is 1.17 bits per heavy atom. The van der Waals surface area contributed by atoms with Crippen LogP contribution >= 0.6 is 0 Å². The topological polar surface area (TPSA) is 78.4 Å². The molecular weight excluding hydrogens is 232 g/mol. The van der Waals surface area contributed by atoms with Crippen molar-refractivity contribution in [2.45, 2.75) is 6.61 Å². The zero-order chi connectivity index (χ0) is 13.0. The van der Waals surface area contributed by atoms with Gasteiger partial charge in [0.2, 0.25) is 0 Å². The van der Waals surface area contributed by atoms with Gasteiger partial charge in [-0.2, -0.15) is 0 Å². The Bertz CT molecular complexity index is 555. The van der Waals surface area contributed by atoms with Gasteiger partial charge in [0.15, 0.2) is 0 Å². The summed E-state index contributed by atoms with van der Waals surface area (Å²) >= 11 is 0. The molecule has 0 radical (unpaired) electrons. The number of para-hydroxylation sites is 1. The standard InChI is InChI=1S/C13H12N2O3/c14-12-7-6-10(8-13(12)15(16)17)9-18-11-4-2-1-3-5-11/h1-8H,9,14H2. The number of benzene rings is 2. The third-order valence-electron chi connectivity index (χ3n) is 2.44. The lowest BCUT2D eigenvalue weighted by Crippen LogP contribution is -2.00. The predicted octanol–water partition coefficient (Wildman–Crippen LogP) is 2.76. The van der Waals surface area contributed by atoms with Gasteiger partial charge in [-0.1, -0.05) is 24.3 Å². The molecule has 0 fully saturated rings. The van der Waals surface area contributed by atoms with Gasteiger partial charge in [-0.15, -0.1) is 0 Å². The maximum Gasteiger partial charge on any atom is 0.292 e. The van der Waals surface area contributed by atoms with E-state index in [9.17, 15) is 10.1 Å². The van der Waals surface area contributed by atoms with Gasteiger partial charge < -0.3 is 10.5 Å². The summed E-state index contributed by atoms with van der Waals surface area (Å²) in [6.07, 6.45) is 0. The van der Waals surface area contributed by atoms with Crippen molar-refractivity contribution in [2.75, 3.05) is 5.73 Å². The highest BCUT2D eigenvalue weighted by Crippen LogP contribution is 2.23. The molecule has 18 heavy (non-hydrogen) atoms. The third-order valence-corrected chi connectivity index (χ3v) is 2.44. The normalized spacial score (nSPS) is 10.0. The van der Waals surface area contributed by atoms with Crippen LogP contribution in [0.4, 0.5) is 11.4 Å². The molecule has 2 aromatic carbocycles. The fourth-order valence-electron chi connectivity index (χ4n) is 1.52. The van der Waals surface area contributed by atoms with Crippen LogP contribution in [0.15, 0.2) is 48.5 Å². The van der Waals surface area contributed by atoms with E-state index in [0.29, 0.717) is 5.56 Å². The molecule has 0 atom stereocenters. The van der Waals surface area contributed by atoms with E-state index >= 15 is 0 Å². The van der Waals surface area contributed by atoms with Gasteiger partial charge in [-0.25, -0.2) is 0 Å². The summed E-state index contributed by atoms with van der Waals surface area (Å²) in [6.45, 7) is 0.269. The smallest absolute Gasteiger partial charge is 0.292 e. The molecule has 92 valence electrons. The maximum atomic E-state index is 10.7. The molecule has 0 saturated heterocycles. The van der Waals surface area contributed by atoms with Crippen molar-refractivity contribution < 1.29 is 9.66 Å². The van der Waals surface area contributed by atoms with Crippen LogP contribution in [0.3, 0.4) is 0 Å². The summed E-state index contributed by atoms with van der Waals surface area (Å²) < 4.78 is 5.50. The Balaban J connectivity index is 2.11. The van der Waals surface area contributed by atoms with Gasteiger partial charge in [0.05, 0.1) is 4.92 Å². The Hall–Kier alpha value is -2.56. The second kappa shape index (κ2) is 5.18. The number of nitro groups is 1. The molecular formula is C13H12N2O3. The van der Waals surface area contributed by atoms with Crippen LogP contribution in [0.1, 0.15) is 5.56 Å². The van der Waals surface area contributed by atoms with E-state index in [0.717, 1.165) is 5.75 Å². The Morgan fingerprint density at radius 2 is 1.89 bits per heavy atom. The van der Waals surface area contributed by atoms with Crippen molar-refractivity contribution in [3.05, 3.63) is 64.2 Å². The molecule has 0 spiro atoms. The molecule has 2 rings (SSSR count). The summed E-state index contributed by atoms with van der Waals surface area (Å²) in [5, 5.41) is 10.7. The largest absolute Gasteiger partial charge is 0.489 e. The highest BCUT2D eigenvalue weighted by atomic mass is 16.6. The van der Waals surface area contributed by atoms with E-state index in [4.69, 9.17) is 10.5 Å². The lowest BCUT2D eigenvalue weighted by molar-refractivity contribution is -0.384. The van der Waals surface area contributed by atoms with Crippen LogP contribution in [0.5, 0.6) is 5.75 Å². The second-order valence-corrected chi connectivity index (χ2v) is 3.75. The lowest BCUT2D eigenvalue weighted by atomic mass is 10.2. The minimum Gasteiger partial charge on any atom is -0.489 e. The molecule has 0 aliphatic heterocycles. The first-order chi connectivity index (χ1) is 8.66. The molecule has 2 N–H and O–H groups in total. The van der Waals surface area contributed by atoms with Crippen molar-refractivity contribution in [1.82, 2.24) is 0 Å². The quantitative estimate of drug-likeness (QED) is 0.509. The van der Waals surface area contributed by atoms with Crippen LogP contribution in [0.2, 0.25) is 0 Å². The number of nitrogens with zero attached hydrogens (tertiary/aromatic N) is 1. The molecule has 0 unspecified atom stereocenters. The van der Waals surface area contributed by atoms with Gasteiger partial charge in [0, 0.05) is 6.07 Å². The van der Waals surface area contributed by atoms with E-state index in [1.54, 1.807) is 6.07 Å². The molecule has 0 amide bonds. The minimum atomic E-state index is -0.499. The number of nitro benzene ring substituents is 1. The fourth-order valence-corrected chi connectivity index (χ4v) is 1.52. The van der Waals surface area contributed by atoms with Crippen LogP contribution in [-0.2, 0) is 6.61 Å². The summed E-state index contributed by atoms with van der Waals surface area (Å²) in [5.74, 6) is 0.719. The summed E-state index contributed by atoms with van der Waals surface area (Å²) in [6, 6.07) is 13.9. The van der Waals surface area contributed by atoms with Gasteiger partial charge in [0.1, 0.15) is 18.0 Å². The predicted molar refractivity (Wildman–Crippen MR) is 68.3 cm³/mol. The van der Waals surface area contributed by atoms with E-state index in [-0.39, 0.29) is 18.0 Å². The first-order valence-electron chi connectivity index (χ1n) is 5.37. The summed E-state index contributed by atoms with van der Waals surface area (Å²) in [7, 11) is 0. The average Bonchev–Trinajstić information content (AvgIpc) is 2.38. The summed E-state index contributed by atoms with van der Waals surface area (Å²) in [5.41, 5.74) is 6.29. The average molecular weight is 244 g/mol. The van der Waals surface area contributed by atoms with Crippen molar-refractivity contribution >= 4 is 11.4 Å². The zero-order valence-electron chi connectivity index (χ0n) is 9.58. The molecule has 0 bridgehead atoms. The molecule has 0 aromatic heterocycles. The molecule has 0 aliphatic carbocycles. The van der Waals surface area contributed by atoms with Crippen LogP contribution in [0, 0.1) is 10.1 Å². The molecule has 0 aliphatic rings. The van der Waals surface area contributed by atoms with E-state index in [2.05, 4.69) is 0 Å². The second-order valence-electron chi connectivity index (χ2n) is 3.75. The Kier molecular flexibility index (Phi) is 3.43. The highest BCUT2D eigenvalue weighted by Gasteiger charge is 2.11. The maximum absolute atomic E-state index is 10.7. The number of ether oxygens (including phenoxy) is 1. The minimum absolute atomic E-state index is 0.0934. The molecule has 0 saturated carbocycles. The molecule has 5 nitrogen and oxygen atoms in total. The monoisotopic (exact) mass is 244 g/mol. The SMILES string of the molecule is Nc1ccc(COc2ccccc2)cc1[N+](=O)[O-]. The third kappa shape index (κ3) is 2.76. The molecule has 0 heterocycles. The summed E-state index contributed by atoms with van der Waals surface area (Å²) in [4.78, 5) is 10.2. The van der Waals surface area contributed by atoms with Crippen molar-refractivity contribution in [3.63, 3.8) is 0 Å². The first-order valence-corrected chi connectivity index (χ1v) is 5.37. The number of nitrogens with two attached hydrogens (primary N) is 1. The zero-order valence-corrected chi connectivity index (χ0v) is 9.58. The van der Waals surface area contributed by atoms with E-state index < -0.39 is 4.92 Å². The number of hydrogen-bond donors (Lipinski definition) is 1. The number of hydrogen-bond acceptors (Lipinski definition) is 4. The fraction of sp³-hybridized carbons (Fsp3) is 0.0769. The van der Waals surface area contributed by atoms with Crippen LogP contribution in [0.25, 0.3) is 0 Å². The van der Waals surface area contributed by atoms with Crippen molar-refractivity contribution in [3.8, 4) is 5.75 Å². The van der Waals surface area contributed by atoms with Gasteiger partial charge in [-0.3, -0.25) is 10.1 Å². The number of rotatable bonds is 4. The van der Waals surface area contributed by atoms with E-state index in [1.165, 1.54) is 12.1 Å². The Labute approximate surface area is 104 Å². The highest BCUT2D eigenvalue weighted by molar-refractivity contribution is 5.59. The lowest BCUT2D eigenvalue weighted by Gasteiger charge is -2.06. The molecule has 5 heteroatoms. The van der Waals surface area contributed by atoms with Gasteiger partial charge in [-0.05, 0) is 23.8 Å². The van der Waals surface area contributed by atoms with Gasteiger partial charge >= 0.3 is 0 Å². The molecule has 2 aromatic rings. The van der Waals surface area contributed by atoms with Crippen molar-refractivity contribution in [1.29, 1.82) is 0 Å². The van der Waals surface area contributed by atoms with Crippen LogP contribution in [-0.4, -0.2) is 4.92 Å². The van der Waals surface area contributed by atoms with Crippen LogP contribution < -0.4 is 10.5 Å². The number of nitrogen functional groups attached to an aromatic ring is 1. The van der Waals surface area contributed by atoms with Gasteiger partial charge in [0.25, 0.3) is 5.69 Å².